The van der Waals surface area contributed by atoms with Gasteiger partial charge in [-0.05, 0) is 72.9 Å². The average molecular weight is 666 g/mol. The van der Waals surface area contributed by atoms with Gasteiger partial charge in [0.15, 0.2) is 32.8 Å². The maximum atomic E-state index is 13.0. The molecule has 2 atom stereocenters. The number of rotatable bonds is 14. The van der Waals surface area contributed by atoms with E-state index in [-0.39, 0.29) is 54.1 Å². The van der Waals surface area contributed by atoms with E-state index in [0.717, 1.165) is 11.8 Å². The number of carbonyl (C=O) groups is 2. The molecule has 3 aromatic rings. The van der Waals surface area contributed by atoms with Crippen molar-refractivity contribution in [2.75, 3.05) is 47.3 Å². The minimum atomic E-state index is -3.72. The fraction of sp³-hybridized carbons (Fsp3) is 0.371. The topological polar surface area (TPSA) is 127 Å². The summed E-state index contributed by atoms with van der Waals surface area (Å²) in [5, 5.41) is 0. The molecule has 0 N–H and O–H groups in total. The van der Waals surface area contributed by atoms with Crippen molar-refractivity contribution in [3.63, 3.8) is 0 Å². The maximum absolute atomic E-state index is 13.0. The van der Waals surface area contributed by atoms with Gasteiger partial charge in [-0.3, -0.25) is 14.5 Å². The summed E-state index contributed by atoms with van der Waals surface area (Å²) in [5.41, 5.74) is 2.24. The molecule has 0 spiro atoms. The lowest BCUT2D eigenvalue weighted by Crippen LogP contribution is -2.29. The lowest BCUT2D eigenvalue weighted by atomic mass is 10.0. The number of carbonyl (C=O) groups excluding carboxylic acids is 2. The van der Waals surface area contributed by atoms with E-state index in [4.69, 9.17) is 28.4 Å². The van der Waals surface area contributed by atoms with Gasteiger partial charge < -0.3 is 28.4 Å². The van der Waals surface area contributed by atoms with Gasteiger partial charge in [-0.15, -0.1) is 0 Å². The van der Waals surface area contributed by atoms with Crippen molar-refractivity contribution in [3.05, 3.63) is 82.9 Å². The van der Waals surface area contributed by atoms with Crippen LogP contribution in [-0.4, -0.2) is 72.5 Å². The van der Waals surface area contributed by atoms with Crippen LogP contribution in [0.2, 0.25) is 0 Å². The molecule has 0 unspecified atom stereocenters. The van der Waals surface area contributed by atoms with Gasteiger partial charge in [0.25, 0.3) is 11.8 Å². The van der Waals surface area contributed by atoms with Crippen molar-refractivity contribution >= 4 is 21.7 Å². The Bertz CT molecular complexity index is 1720. The molecule has 47 heavy (non-hydrogen) atoms. The monoisotopic (exact) mass is 665 g/mol. The summed E-state index contributed by atoms with van der Waals surface area (Å²) in [6, 6.07) is 13.7. The van der Waals surface area contributed by atoms with E-state index in [2.05, 4.69) is 0 Å². The maximum Gasteiger partial charge on any atom is 0.261 e. The number of nitrogens with zero attached hydrogens (tertiary/aromatic N) is 1. The van der Waals surface area contributed by atoms with Gasteiger partial charge in [-0.25, -0.2) is 8.42 Å². The number of sulfone groups is 1. The average Bonchev–Trinajstić information content (AvgIpc) is 3.66. The second-order valence-corrected chi connectivity index (χ2v) is 13.1. The number of hydrogen-bond acceptors (Lipinski definition) is 10. The van der Waals surface area contributed by atoms with Gasteiger partial charge in [0.1, 0.15) is 11.5 Å². The van der Waals surface area contributed by atoms with Crippen molar-refractivity contribution < 1.29 is 46.4 Å². The van der Waals surface area contributed by atoms with Gasteiger partial charge >= 0.3 is 0 Å². The highest BCUT2D eigenvalue weighted by molar-refractivity contribution is 7.90. The quantitative estimate of drug-likeness (QED) is 0.156. The Kier molecular flexibility index (Phi) is 10.4. The van der Waals surface area contributed by atoms with Gasteiger partial charge in [0.2, 0.25) is 5.75 Å². The zero-order valence-electron chi connectivity index (χ0n) is 27.1. The first kappa shape index (κ1) is 33.8. The third kappa shape index (κ3) is 7.08. The molecule has 1 saturated heterocycles. The molecule has 0 aromatic heterocycles. The smallest absolute Gasteiger partial charge is 0.261 e. The molecular weight excluding hydrogens is 626 g/mol. The third-order valence-corrected chi connectivity index (χ3v) is 9.11. The molecule has 12 heteroatoms. The van der Waals surface area contributed by atoms with Crippen molar-refractivity contribution in [2.45, 2.75) is 43.3 Å². The molecule has 0 radical (unpaired) electrons. The number of hydrogen-bond donors (Lipinski definition) is 0. The van der Waals surface area contributed by atoms with Crippen LogP contribution in [0, 0.1) is 0 Å². The minimum Gasteiger partial charge on any atom is -0.493 e. The lowest BCUT2D eigenvalue weighted by molar-refractivity contribution is 0.0435. The Balaban J connectivity index is 1.37. The second kappa shape index (κ2) is 14.5. The number of benzene rings is 3. The first-order valence-electron chi connectivity index (χ1n) is 15.3. The standard InChI is InChI=1S/C35H39NO10S/c1-6-16-45-33-30(44-17-10-9-15-36-34(37)24-11-7-8-12-25(24)35(36)38)20-23(21-31(33)47(5,39)40)27-14-13-26(46-27)22-18-28(41-2)32(43-4)29(19-22)42-3/h7-12,18-21,26-27H,6,13-17H2,1-5H3/b10-9+/t26-,27-/m0/s1. The minimum absolute atomic E-state index is 0.00768. The fourth-order valence-electron chi connectivity index (χ4n) is 5.72. The fourth-order valence-corrected chi connectivity index (χ4v) is 6.56. The van der Waals surface area contributed by atoms with Crippen molar-refractivity contribution in [3.8, 4) is 28.7 Å². The van der Waals surface area contributed by atoms with Crippen LogP contribution in [-0.2, 0) is 14.6 Å². The van der Waals surface area contributed by atoms with E-state index in [1.807, 2.05) is 19.1 Å². The summed E-state index contributed by atoms with van der Waals surface area (Å²) in [5.74, 6) is 1.19. The van der Waals surface area contributed by atoms with Gasteiger partial charge in [0, 0.05) is 12.8 Å². The van der Waals surface area contributed by atoms with E-state index in [9.17, 15) is 18.0 Å². The normalized spacial score (nSPS) is 17.7. The van der Waals surface area contributed by atoms with Gasteiger partial charge in [-0.2, -0.15) is 0 Å². The van der Waals surface area contributed by atoms with Crippen molar-refractivity contribution in [2.24, 2.45) is 0 Å². The van der Waals surface area contributed by atoms with Crippen LogP contribution in [0.5, 0.6) is 28.7 Å². The summed E-state index contributed by atoms with van der Waals surface area (Å²) in [6.45, 7) is 2.32. The molecule has 250 valence electrons. The number of ether oxygens (including phenoxy) is 6. The van der Waals surface area contributed by atoms with E-state index in [1.54, 1.807) is 69.9 Å². The second-order valence-electron chi connectivity index (χ2n) is 11.2. The van der Waals surface area contributed by atoms with E-state index in [1.165, 1.54) is 4.90 Å². The van der Waals surface area contributed by atoms with Crippen LogP contribution in [0.1, 0.15) is 70.2 Å². The summed E-state index contributed by atoms with van der Waals surface area (Å²) >= 11 is 0. The molecule has 2 aliphatic rings. The zero-order valence-corrected chi connectivity index (χ0v) is 27.9. The Morgan fingerprint density at radius 1 is 0.809 bits per heavy atom. The molecule has 2 aliphatic heterocycles. The van der Waals surface area contributed by atoms with Crippen LogP contribution >= 0.6 is 0 Å². The summed E-state index contributed by atoms with van der Waals surface area (Å²) < 4.78 is 61.0. The Hall–Kier alpha value is -4.55. The van der Waals surface area contributed by atoms with Crippen LogP contribution in [0.15, 0.2) is 65.6 Å². The van der Waals surface area contributed by atoms with Gasteiger partial charge in [-0.1, -0.05) is 25.1 Å². The molecule has 1 fully saturated rings. The van der Waals surface area contributed by atoms with Gasteiger partial charge in [0.05, 0.1) is 51.3 Å². The predicted octanol–water partition coefficient (Wildman–Crippen LogP) is 5.73. The SMILES string of the molecule is CCCOc1c(OC/C=C/CN2C(=O)c3ccccc3C2=O)cc([C@@H]2CC[C@@H](c3cc(OC)c(OC)c(OC)c3)O2)cc1S(C)(=O)=O. The number of imide groups is 1. The number of amides is 2. The molecule has 0 saturated carbocycles. The van der Waals surface area contributed by atoms with Crippen LogP contribution in [0.3, 0.4) is 0 Å². The van der Waals surface area contributed by atoms with E-state index < -0.39 is 15.9 Å². The Morgan fingerprint density at radius 3 is 1.91 bits per heavy atom. The highest BCUT2D eigenvalue weighted by Gasteiger charge is 2.34. The highest BCUT2D eigenvalue weighted by atomic mass is 32.2. The first-order valence-corrected chi connectivity index (χ1v) is 17.2. The lowest BCUT2D eigenvalue weighted by Gasteiger charge is -2.21. The zero-order chi connectivity index (χ0) is 33.7. The summed E-state index contributed by atoms with van der Waals surface area (Å²) in [7, 11) is 0.921. The van der Waals surface area contributed by atoms with Crippen LogP contribution < -0.4 is 23.7 Å². The first-order chi connectivity index (χ1) is 22.6. The van der Waals surface area contributed by atoms with Crippen molar-refractivity contribution in [1.82, 2.24) is 4.90 Å². The largest absolute Gasteiger partial charge is 0.493 e. The molecule has 2 amide bonds. The molecule has 0 bridgehead atoms. The molecule has 3 aromatic carbocycles. The van der Waals surface area contributed by atoms with Crippen LogP contribution in [0.25, 0.3) is 0 Å². The highest BCUT2D eigenvalue weighted by Crippen LogP contribution is 2.48. The molecular formula is C35H39NO10S. The molecule has 2 heterocycles. The molecule has 5 rings (SSSR count). The third-order valence-electron chi connectivity index (χ3n) is 8.01. The number of methoxy groups -OCH3 is 3. The van der Waals surface area contributed by atoms with E-state index in [0.29, 0.717) is 53.2 Å². The number of fused-ring (bicyclic) bond motifs is 1. The van der Waals surface area contributed by atoms with Crippen LogP contribution in [0.4, 0.5) is 0 Å². The molecule has 0 aliphatic carbocycles. The Labute approximate surface area is 274 Å². The predicted molar refractivity (Wildman–Crippen MR) is 174 cm³/mol. The van der Waals surface area contributed by atoms with Crippen molar-refractivity contribution in [1.29, 1.82) is 0 Å². The molecule has 11 nitrogen and oxygen atoms in total. The summed E-state index contributed by atoms with van der Waals surface area (Å²) in [6.07, 6.45) is 5.69. The van der Waals surface area contributed by atoms with E-state index >= 15 is 0 Å². The Morgan fingerprint density at radius 2 is 1.38 bits per heavy atom. The summed E-state index contributed by atoms with van der Waals surface area (Å²) in [4.78, 5) is 26.5.